The fraction of sp³-hybridized carbons (Fsp3) is 0.462. The number of nitrogens with one attached hydrogen (secondary N) is 1. The average molecular weight is 322 g/mol. The van der Waals surface area contributed by atoms with E-state index in [4.69, 9.17) is 28.3 Å². The summed E-state index contributed by atoms with van der Waals surface area (Å²) in [5, 5.41) is 12.8. The summed E-state index contributed by atoms with van der Waals surface area (Å²) in [6.07, 6.45) is 0.131. The molecule has 2 N–H and O–H groups in total. The average Bonchev–Trinajstić information content (AvgIpc) is 2.33. The van der Waals surface area contributed by atoms with Gasteiger partial charge >= 0.3 is 0 Å². The molecule has 3 nitrogen and oxygen atoms in total. The van der Waals surface area contributed by atoms with Crippen LogP contribution in [0.5, 0.6) is 0 Å². The molecule has 2 atom stereocenters. The van der Waals surface area contributed by atoms with Gasteiger partial charge in [0.15, 0.2) is 0 Å². The highest BCUT2D eigenvalue weighted by Gasteiger charge is 2.15. The lowest BCUT2D eigenvalue weighted by Gasteiger charge is -2.13. The summed E-state index contributed by atoms with van der Waals surface area (Å²) in [6.45, 7) is 3.96. The fourth-order valence-corrected chi connectivity index (χ4v) is 2.79. The maximum atomic E-state index is 11.8. The molecule has 1 aromatic carbocycles. The standard InChI is InChI=1S/C13H17Cl2NO2S/c1-8(17)5-6-16-13(18)9(2)19-12-7-10(14)3-4-11(12)15/h3-4,7-9,17H,5-6H2,1-2H3,(H,16,18). The molecule has 0 aliphatic heterocycles. The van der Waals surface area contributed by atoms with Crippen LogP contribution in [0.4, 0.5) is 0 Å². The van der Waals surface area contributed by atoms with Crippen LogP contribution in [0.15, 0.2) is 23.1 Å². The number of carbonyl (C=O) groups excluding carboxylic acids is 1. The Morgan fingerprint density at radius 2 is 2.11 bits per heavy atom. The smallest absolute Gasteiger partial charge is 0.233 e. The summed E-state index contributed by atoms with van der Waals surface area (Å²) in [5.74, 6) is -0.0818. The van der Waals surface area contributed by atoms with Gasteiger partial charge in [-0.25, -0.2) is 0 Å². The summed E-state index contributed by atoms with van der Waals surface area (Å²) in [7, 11) is 0. The molecule has 19 heavy (non-hydrogen) atoms. The summed E-state index contributed by atoms with van der Waals surface area (Å²) in [4.78, 5) is 12.6. The number of aliphatic hydroxyl groups excluding tert-OH is 1. The van der Waals surface area contributed by atoms with Gasteiger partial charge in [0, 0.05) is 16.5 Å². The van der Waals surface area contributed by atoms with Crippen molar-refractivity contribution in [1.29, 1.82) is 0 Å². The second-order valence-corrected chi connectivity index (χ2v) is 6.49. The number of rotatable bonds is 6. The van der Waals surface area contributed by atoms with E-state index in [-0.39, 0.29) is 11.2 Å². The number of amides is 1. The van der Waals surface area contributed by atoms with E-state index in [0.717, 1.165) is 4.90 Å². The lowest BCUT2D eigenvalue weighted by Crippen LogP contribution is -2.32. The predicted molar refractivity (Wildman–Crippen MR) is 81.1 cm³/mol. The van der Waals surface area contributed by atoms with Crippen LogP contribution in [0.25, 0.3) is 0 Å². The fourth-order valence-electron chi connectivity index (χ4n) is 1.36. The van der Waals surface area contributed by atoms with E-state index in [2.05, 4.69) is 5.32 Å². The van der Waals surface area contributed by atoms with Crippen LogP contribution in [0.1, 0.15) is 20.3 Å². The number of hydrogen-bond acceptors (Lipinski definition) is 3. The molecule has 0 bridgehead atoms. The molecule has 0 aliphatic rings. The minimum atomic E-state index is -0.411. The lowest BCUT2D eigenvalue weighted by atomic mass is 10.3. The number of carbonyl (C=O) groups is 1. The molecule has 1 rings (SSSR count). The molecule has 0 aromatic heterocycles. The minimum Gasteiger partial charge on any atom is -0.393 e. The second kappa shape index (κ2) is 8.00. The van der Waals surface area contributed by atoms with Crippen molar-refractivity contribution < 1.29 is 9.90 Å². The largest absolute Gasteiger partial charge is 0.393 e. The van der Waals surface area contributed by atoms with Crippen LogP contribution in [0.3, 0.4) is 0 Å². The number of benzene rings is 1. The molecule has 0 spiro atoms. The first kappa shape index (κ1) is 16.6. The molecule has 1 aromatic rings. The van der Waals surface area contributed by atoms with E-state index in [0.29, 0.717) is 23.0 Å². The molecular formula is C13H17Cl2NO2S. The quantitative estimate of drug-likeness (QED) is 0.790. The van der Waals surface area contributed by atoms with E-state index >= 15 is 0 Å². The Bertz CT molecular complexity index is 441. The normalized spacial score (nSPS) is 13.9. The van der Waals surface area contributed by atoms with Crippen molar-refractivity contribution in [1.82, 2.24) is 5.32 Å². The van der Waals surface area contributed by atoms with Gasteiger partial charge in [-0.1, -0.05) is 23.2 Å². The molecule has 2 unspecified atom stereocenters. The Kier molecular flexibility index (Phi) is 7.00. The van der Waals surface area contributed by atoms with Crippen LogP contribution < -0.4 is 5.32 Å². The van der Waals surface area contributed by atoms with Crippen molar-refractivity contribution in [2.75, 3.05) is 6.54 Å². The van der Waals surface area contributed by atoms with Crippen molar-refractivity contribution in [3.8, 4) is 0 Å². The van der Waals surface area contributed by atoms with Crippen molar-refractivity contribution in [2.24, 2.45) is 0 Å². The highest BCUT2D eigenvalue weighted by atomic mass is 35.5. The van der Waals surface area contributed by atoms with Crippen molar-refractivity contribution in [3.05, 3.63) is 28.2 Å². The van der Waals surface area contributed by atoms with Gasteiger partial charge in [0.25, 0.3) is 0 Å². The van der Waals surface area contributed by atoms with Gasteiger partial charge in [-0.3, -0.25) is 4.79 Å². The zero-order valence-corrected chi connectivity index (χ0v) is 13.1. The Morgan fingerprint density at radius 1 is 1.42 bits per heavy atom. The minimum absolute atomic E-state index is 0.0818. The number of aliphatic hydroxyl groups is 1. The first-order valence-electron chi connectivity index (χ1n) is 5.97. The van der Waals surface area contributed by atoms with Gasteiger partial charge in [0.1, 0.15) is 0 Å². The Labute approximate surface area is 127 Å². The molecule has 106 valence electrons. The van der Waals surface area contributed by atoms with Crippen LogP contribution >= 0.6 is 35.0 Å². The topological polar surface area (TPSA) is 49.3 Å². The Hall–Kier alpha value is -0.420. The number of halogens is 2. The van der Waals surface area contributed by atoms with Crippen LogP contribution in [-0.4, -0.2) is 28.9 Å². The van der Waals surface area contributed by atoms with Crippen LogP contribution in [0, 0.1) is 0 Å². The lowest BCUT2D eigenvalue weighted by molar-refractivity contribution is -0.120. The molecule has 0 aliphatic carbocycles. The van der Waals surface area contributed by atoms with Gasteiger partial charge in [-0.05, 0) is 38.5 Å². The molecule has 0 heterocycles. The van der Waals surface area contributed by atoms with Gasteiger partial charge in [-0.15, -0.1) is 11.8 Å². The maximum absolute atomic E-state index is 11.8. The first-order chi connectivity index (χ1) is 8.90. The second-order valence-electron chi connectivity index (χ2n) is 4.26. The maximum Gasteiger partial charge on any atom is 0.233 e. The summed E-state index contributed by atoms with van der Waals surface area (Å²) in [6, 6.07) is 5.17. The zero-order valence-electron chi connectivity index (χ0n) is 10.8. The highest BCUT2D eigenvalue weighted by Crippen LogP contribution is 2.32. The summed E-state index contributed by atoms with van der Waals surface area (Å²) in [5.41, 5.74) is 0. The molecule has 0 fully saturated rings. The van der Waals surface area contributed by atoms with Crippen molar-refractivity contribution in [2.45, 2.75) is 36.5 Å². The number of hydrogen-bond donors (Lipinski definition) is 2. The van der Waals surface area contributed by atoms with Crippen molar-refractivity contribution >= 4 is 40.9 Å². The first-order valence-corrected chi connectivity index (χ1v) is 7.61. The van der Waals surface area contributed by atoms with E-state index in [9.17, 15) is 4.79 Å². The Balaban J connectivity index is 2.51. The SMILES string of the molecule is CC(O)CCNC(=O)C(C)Sc1cc(Cl)ccc1Cl. The zero-order chi connectivity index (χ0) is 14.4. The predicted octanol–water partition coefficient (Wildman–Crippen LogP) is 3.36. The monoisotopic (exact) mass is 321 g/mol. The van der Waals surface area contributed by atoms with E-state index in [1.54, 1.807) is 32.0 Å². The van der Waals surface area contributed by atoms with Crippen LogP contribution in [0.2, 0.25) is 10.0 Å². The van der Waals surface area contributed by atoms with E-state index in [1.807, 2.05) is 0 Å². The third kappa shape index (κ3) is 6.04. The molecular weight excluding hydrogens is 305 g/mol. The van der Waals surface area contributed by atoms with E-state index < -0.39 is 6.10 Å². The van der Waals surface area contributed by atoms with Gasteiger partial charge in [0.2, 0.25) is 5.91 Å². The number of thioether (sulfide) groups is 1. The van der Waals surface area contributed by atoms with Gasteiger partial charge in [-0.2, -0.15) is 0 Å². The van der Waals surface area contributed by atoms with Gasteiger partial charge < -0.3 is 10.4 Å². The third-order valence-corrected chi connectivity index (χ3v) is 4.26. The van der Waals surface area contributed by atoms with Crippen LogP contribution in [-0.2, 0) is 4.79 Å². The molecule has 0 saturated carbocycles. The summed E-state index contributed by atoms with van der Waals surface area (Å²) < 4.78 is 0. The van der Waals surface area contributed by atoms with Gasteiger partial charge in [0.05, 0.1) is 16.4 Å². The molecule has 1 amide bonds. The van der Waals surface area contributed by atoms with Crippen molar-refractivity contribution in [3.63, 3.8) is 0 Å². The molecule has 0 radical (unpaired) electrons. The molecule has 0 saturated heterocycles. The Morgan fingerprint density at radius 3 is 2.74 bits per heavy atom. The third-order valence-electron chi connectivity index (χ3n) is 2.43. The summed E-state index contributed by atoms with van der Waals surface area (Å²) >= 11 is 13.3. The van der Waals surface area contributed by atoms with E-state index in [1.165, 1.54) is 11.8 Å². The molecule has 6 heteroatoms. The highest BCUT2D eigenvalue weighted by molar-refractivity contribution is 8.00.